The predicted octanol–water partition coefficient (Wildman–Crippen LogP) is 2.40. The van der Waals surface area contributed by atoms with Crippen LogP contribution >= 0.6 is 11.6 Å². The van der Waals surface area contributed by atoms with Crippen LogP contribution in [0.5, 0.6) is 0 Å². The van der Waals surface area contributed by atoms with Gasteiger partial charge in [0.25, 0.3) is 0 Å². The first-order valence-electron chi connectivity index (χ1n) is 6.56. The van der Waals surface area contributed by atoms with Crippen molar-refractivity contribution in [2.24, 2.45) is 0 Å². The van der Waals surface area contributed by atoms with Gasteiger partial charge in [0.05, 0.1) is 5.02 Å². The topological polar surface area (TPSA) is 49.4 Å². The Morgan fingerprint density at radius 2 is 2.20 bits per heavy atom. The van der Waals surface area contributed by atoms with Gasteiger partial charge in [0, 0.05) is 19.1 Å². The van der Waals surface area contributed by atoms with Crippen LogP contribution in [0, 0.1) is 0 Å². The Hall–Kier alpha value is -0.880. The molecule has 4 nitrogen and oxygen atoms in total. The van der Waals surface area contributed by atoms with E-state index in [1.54, 1.807) is 18.2 Å². The average molecular weight is 315 g/mol. The summed E-state index contributed by atoms with van der Waals surface area (Å²) in [6.45, 7) is 4.56. The van der Waals surface area contributed by atoms with Crippen LogP contribution in [0.3, 0.4) is 0 Å². The Balaban J connectivity index is 2.41. The van der Waals surface area contributed by atoms with Crippen LogP contribution in [0.1, 0.15) is 18.4 Å². The Bertz CT molecular complexity index is 597. The highest BCUT2D eigenvalue weighted by Crippen LogP contribution is 2.34. The van der Waals surface area contributed by atoms with Crippen molar-refractivity contribution in [3.05, 3.63) is 41.4 Å². The average Bonchev–Trinajstić information content (AvgIpc) is 3.22. The summed E-state index contributed by atoms with van der Waals surface area (Å²) in [5.41, 5.74) is 0.893. The van der Waals surface area contributed by atoms with Crippen molar-refractivity contribution in [1.82, 2.24) is 9.62 Å². The lowest BCUT2D eigenvalue weighted by Crippen LogP contribution is -2.33. The SMILES string of the molecule is C=CCN(C1CC1)S(=O)(=O)c1cc(CNC)ccc1Cl. The molecule has 6 heteroatoms. The first kappa shape index (κ1) is 15.5. The Kier molecular flexibility index (Phi) is 4.86. The molecule has 0 aliphatic heterocycles. The second kappa shape index (κ2) is 6.26. The lowest BCUT2D eigenvalue weighted by Gasteiger charge is -2.21. The van der Waals surface area contributed by atoms with E-state index >= 15 is 0 Å². The summed E-state index contributed by atoms with van der Waals surface area (Å²) in [5, 5.41) is 3.27. The smallest absolute Gasteiger partial charge is 0.245 e. The van der Waals surface area contributed by atoms with Gasteiger partial charge in [-0.1, -0.05) is 23.7 Å². The molecule has 1 N–H and O–H groups in total. The summed E-state index contributed by atoms with van der Waals surface area (Å²) in [6.07, 6.45) is 3.42. The van der Waals surface area contributed by atoms with E-state index in [0.717, 1.165) is 18.4 Å². The largest absolute Gasteiger partial charge is 0.316 e. The van der Waals surface area contributed by atoms with Gasteiger partial charge in [0.2, 0.25) is 10.0 Å². The molecule has 0 heterocycles. The zero-order valence-electron chi connectivity index (χ0n) is 11.5. The molecular weight excluding hydrogens is 296 g/mol. The van der Waals surface area contributed by atoms with Gasteiger partial charge in [-0.25, -0.2) is 8.42 Å². The highest BCUT2D eigenvalue weighted by molar-refractivity contribution is 7.89. The summed E-state index contributed by atoms with van der Waals surface area (Å²) in [7, 11) is -1.75. The number of sulfonamides is 1. The van der Waals surface area contributed by atoms with E-state index in [1.807, 2.05) is 13.1 Å². The standard InChI is InChI=1S/C14H19ClN2O2S/c1-3-8-17(12-5-6-12)20(18,19)14-9-11(10-16-2)4-7-13(14)15/h3-4,7,9,12,16H,1,5-6,8,10H2,2H3. The summed E-state index contributed by atoms with van der Waals surface area (Å²) in [5.74, 6) is 0. The molecule has 1 aromatic carbocycles. The maximum absolute atomic E-state index is 12.8. The summed E-state index contributed by atoms with van der Waals surface area (Å²) in [6, 6.07) is 5.20. The molecule has 1 saturated carbocycles. The minimum absolute atomic E-state index is 0.0852. The second-order valence-electron chi connectivity index (χ2n) is 4.89. The van der Waals surface area contributed by atoms with Gasteiger partial charge in [0.1, 0.15) is 4.90 Å². The number of hydrogen-bond acceptors (Lipinski definition) is 3. The second-order valence-corrected chi connectivity index (χ2v) is 7.16. The third kappa shape index (κ3) is 3.23. The van der Waals surface area contributed by atoms with Crippen molar-refractivity contribution < 1.29 is 8.42 Å². The van der Waals surface area contributed by atoms with Gasteiger partial charge in [0.15, 0.2) is 0 Å². The third-order valence-corrected chi connectivity index (χ3v) is 5.63. The van der Waals surface area contributed by atoms with Crippen LogP contribution in [0.25, 0.3) is 0 Å². The Morgan fingerprint density at radius 3 is 2.75 bits per heavy atom. The molecule has 1 aromatic rings. The molecule has 2 rings (SSSR count). The molecule has 1 aliphatic carbocycles. The number of hydrogen-bond donors (Lipinski definition) is 1. The fourth-order valence-corrected chi connectivity index (χ4v) is 4.30. The minimum atomic E-state index is -3.57. The first-order valence-corrected chi connectivity index (χ1v) is 8.38. The van der Waals surface area contributed by atoms with E-state index in [-0.39, 0.29) is 16.0 Å². The van der Waals surface area contributed by atoms with E-state index in [0.29, 0.717) is 13.1 Å². The highest BCUT2D eigenvalue weighted by Gasteiger charge is 2.38. The maximum atomic E-state index is 12.8. The van der Waals surface area contributed by atoms with Crippen LogP contribution in [0.2, 0.25) is 5.02 Å². The fourth-order valence-electron chi connectivity index (χ4n) is 2.12. The number of rotatable bonds is 7. The molecular formula is C14H19ClN2O2S. The molecule has 0 unspecified atom stereocenters. The molecule has 20 heavy (non-hydrogen) atoms. The number of halogens is 1. The van der Waals surface area contributed by atoms with Crippen LogP contribution in [0.4, 0.5) is 0 Å². The fraction of sp³-hybridized carbons (Fsp3) is 0.429. The van der Waals surface area contributed by atoms with Crippen LogP contribution in [-0.4, -0.2) is 32.4 Å². The lowest BCUT2D eigenvalue weighted by molar-refractivity contribution is 0.436. The molecule has 0 aromatic heterocycles. The maximum Gasteiger partial charge on any atom is 0.245 e. The highest BCUT2D eigenvalue weighted by atomic mass is 35.5. The number of benzene rings is 1. The van der Waals surface area contributed by atoms with Crippen molar-refractivity contribution in [1.29, 1.82) is 0 Å². The van der Waals surface area contributed by atoms with Gasteiger partial charge in [-0.15, -0.1) is 6.58 Å². The van der Waals surface area contributed by atoms with Crippen LogP contribution in [-0.2, 0) is 16.6 Å². The van der Waals surface area contributed by atoms with Gasteiger partial charge < -0.3 is 5.32 Å². The van der Waals surface area contributed by atoms with Crippen molar-refractivity contribution in [3.8, 4) is 0 Å². The zero-order valence-corrected chi connectivity index (χ0v) is 13.0. The minimum Gasteiger partial charge on any atom is -0.316 e. The number of nitrogens with zero attached hydrogens (tertiary/aromatic N) is 1. The van der Waals surface area contributed by atoms with Crippen molar-refractivity contribution in [2.45, 2.75) is 30.3 Å². The number of nitrogens with one attached hydrogen (secondary N) is 1. The Labute approximate surface area is 125 Å². The van der Waals surface area contributed by atoms with E-state index in [1.165, 1.54) is 4.31 Å². The lowest BCUT2D eigenvalue weighted by atomic mass is 10.2. The van der Waals surface area contributed by atoms with Crippen LogP contribution < -0.4 is 5.32 Å². The monoisotopic (exact) mass is 314 g/mol. The third-order valence-electron chi connectivity index (χ3n) is 3.23. The van der Waals surface area contributed by atoms with Gasteiger partial charge >= 0.3 is 0 Å². The molecule has 0 radical (unpaired) electrons. The summed E-state index contributed by atoms with van der Waals surface area (Å²) < 4.78 is 27.0. The van der Waals surface area contributed by atoms with Crippen LogP contribution in [0.15, 0.2) is 35.7 Å². The molecule has 0 bridgehead atoms. The normalized spacial score (nSPS) is 15.6. The zero-order chi connectivity index (χ0) is 14.8. The molecule has 0 amide bonds. The van der Waals surface area contributed by atoms with E-state index in [9.17, 15) is 8.42 Å². The predicted molar refractivity (Wildman–Crippen MR) is 81.3 cm³/mol. The summed E-state index contributed by atoms with van der Waals surface area (Å²) >= 11 is 6.10. The van der Waals surface area contributed by atoms with Crippen molar-refractivity contribution in [2.75, 3.05) is 13.6 Å². The molecule has 0 saturated heterocycles. The molecule has 1 aliphatic rings. The molecule has 0 atom stereocenters. The molecule has 110 valence electrons. The van der Waals surface area contributed by atoms with E-state index in [4.69, 9.17) is 11.6 Å². The van der Waals surface area contributed by atoms with Gasteiger partial charge in [-0.2, -0.15) is 4.31 Å². The summed E-state index contributed by atoms with van der Waals surface area (Å²) in [4.78, 5) is 0.181. The van der Waals surface area contributed by atoms with E-state index < -0.39 is 10.0 Å². The Morgan fingerprint density at radius 1 is 1.50 bits per heavy atom. The van der Waals surface area contributed by atoms with Crippen molar-refractivity contribution >= 4 is 21.6 Å². The first-order chi connectivity index (χ1) is 9.50. The quantitative estimate of drug-likeness (QED) is 0.786. The molecule has 1 fully saturated rings. The van der Waals surface area contributed by atoms with E-state index in [2.05, 4.69) is 11.9 Å². The van der Waals surface area contributed by atoms with Gasteiger partial charge in [-0.3, -0.25) is 0 Å². The van der Waals surface area contributed by atoms with Crippen molar-refractivity contribution in [3.63, 3.8) is 0 Å². The molecule has 0 spiro atoms. The van der Waals surface area contributed by atoms with Gasteiger partial charge in [-0.05, 0) is 37.6 Å².